The summed E-state index contributed by atoms with van der Waals surface area (Å²) in [4.78, 5) is 12.3. The van der Waals surface area contributed by atoms with Crippen LogP contribution in [-0.4, -0.2) is 49.8 Å². The van der Waals surface area contributed by atoms with Crippen LogP contribution in [0.5, 0.6) is 0 Å². The van der Waals surface area contributed by atoms with Crippen molar-refractivity contribution in [1.82, 2.24) is 14.9 Å². The predicted molar refractivity (Wildman–Crippen MR) is 99.0 cm³/mol. The summed E-state index contributed by atoms with van der Waals surface area (Å²) in [5.41, 5.74) is 0. The summed E-state index contributed by atoms with van der Waals surface area (Å²) in [6, 6.07) is 6.67. The lowest BCUT2D eigenvalue weighted by Crippen LogP contribution is -2.50. The van der Waals surface area contributed by atoms with Crippen LogP contribution >= 0.6 is 0 Å². The van der Waals surface area contributed by atoms with Crippen LogP contribution in [0, 0.1) is 11.7 Å². The van der Waals surface area contributed by atoms with E-state index in [1.54, 1.807) is 0 Å². The number of halogens is 1. The number of carbonyl (C=O) groups excluding carboxylic acids is 1. The second-order valence-electron chi connectivity index (χ2n) is 7.92. The van der Waals surface area contributed by atoms with Crippen molar-refractivity contribution >= 4 is 15.9 Å². The molecule has 0 aromatic heterocycles. The van der Waals surface area contributed by atoms with Crippen molar-refractivity contribution in [3.05, 3.63) is 30.1 Å². The second kappa shape index (κ2) is 7.48. The number of amides is 1. The maximum absolute atomic E-state index is 13.9. The Morgan fingerprint density at radius 1 is 1.07 bits per heavy atom. The third kappa shape index (κ3) is 3.88. The van der Waals surface area contributed by atoms with Gasteiger partial charge in [0.25, 0.3) is 0 Å². The minimum Gasteiger partial charge on any atom is -0.353 e. The molecule has 4 rings (SSSR count). The molecule has 3 aliphatic heterocycles. The van der Waals surface area contributed by atoms with Crippen LogP contribution in [0.4, 0.5) is 4.39 Å². The summed E-state index contributed by atoms with van der Waals surface area (Å²) in [5.74, 6) is -0.883. The van der Waals surface area contributed by atoms with Crippen molar-refractivity contribution in [2.75, 3.05) is 13.1 Å². The van der Waals surface area contributed by atoms with E-state index in [9.17, 15) is 17.6 Å². The largest absolute Gasteiger partial charge is 0.353 e. The van der Waals surface area contributed by atoms with Gasteiger partial charge in [0.15, 0.2) is 0 Å². The molecule has 3 saturated heterocycles. The predicted octanol–water partition coefficient (Wildman–Crippen LogP) is 1.63. The van der Waals surface area contributed by atoms with Gasteiger partial charge in [-0.3, -0.25) is 4.79 Å². The van der Waals surface area contributed by atoms with Gasteiger partial charge in [0.05, 0.1) is 0 Å². The van der Waals surface area contributed by atoms with Gasteiger partial charge in [-0.05, 0) is 50.7 Å². The SMILES string of the molecule is O=C(NC1CC2CCC(C1)N2)C1CCN(S(=O)(=O)c2ccccc2F)CC1. The zero-order chi connectivity index (χ0) is 19.0. The van der Waals surface area contributed by atoms with Gasteiger partial charge in [0, 0.05) is 37.1 Å². The Hall–Kier alpha value is -1.51. The van der Waals surface area contributed by atoms with Crippen LogP contribution in [-0.2, 0) is 14.8 Å². The average Bonchev–Trinajstić information content (AvgIpc) is 3.00. The number of hydrogen-bond acceptors (Lipinski definition) is 4. The number of piperidine rings is 2. The van der Waals surface area contributed by atoms with Crippen molar-refractivity contribution in [1.29, 1.82) is 0 Å². The van der Waals surface area contributed by atoms with Crippen LogP contribution in [0.3, 0.4) is 0 Å². The maximum atomic E-state index is 13.9. The highest BCUT2D eigenvalue weighted by molar-refractivity contribution is 7.89. The quantitative estimate of drug-likeness (QED) is 0.812. The molecular formula is C19H26FN3O3S. The second-order valence-corrected chi connectivity index (χ2v) is 9.83. The molecule has 2 atom stereocenters. The first kappa shape index (κ1) is 18.8. The van der Waals surface area contributed by atoms with Crippen molar-refractivity contribution in [2.24, 2.45) is 5.92 Å². The smallest absolute Gasteiger partial charge is 0.245 e. The van der Waals surface area contributed by atoms with Gasteiger partial charge in [0.2, 0.25) is 15.9 Å². The van der Waals surface area contributed by atoms with E-state index in [1.165, 1.54) is 35.3 Å². The molecule has 8 heteroatoms. The number of rotatable bonds is 4. The third-order valence-corrected chi connectivity index (χ3v) is 8.03. The van der Waals surface area contributed by atoms with Crippen LogP contribution in [0.1, 0.15) is 38.5 Å². The topological polar surface area (TPSA) is 78.5 Å². The van der Waals surface area contributed by atoms with Crippen molar-refractivity contribution in [3.63, 3.8) is 0 Å². The van der Waals surface area contributed by atoms with Gasteiger partial charge < -0.3 is 10.6 Å². The van der Waals surface area contributed by atoms with Gasteiger partial charge in [-0.15, -0.1) is 0 Å². The summed E-state index contributed by atoms with van der Waals surface area (Å²) in [6.07, 6.45) is 5.26. The average molecular weight is 396 g/mol. The molecule has 2 unspecified atom stereocenters. The number of sulfonamides is 1. The van der Waals surface area contributed by atoms with Crippen LogP contribution in [0.25, 0.3) is 0 Å². The third-order valence-electron chi connectivity index (χ3n) is 6.10. The summed E-state index contributed by atoms with van der Waals surface area (Å²) in [5, 5.41) is 6.74. The summed E-state index contributed by atoms with van der Waals surface area (Å²) < 4.78 is 40.5. The fourth-order valence-corrected chi connectivity index (χ4v) is 6.18. The Kier molecular flexibility index (Phi) is 5.22. The minimum absolute atomic E-state index is 0.0317. The molecule has 148 valence electrons. The number of benzene rings is 1. The number of fused-ring (bicyclic) bond motifs is 2. The Morgan fingerprint density at radius 3 is 2.33 bits per heavy atom. The molecule has 27 heavy (non-hydrogen) atoms. The lowest BCUT2D eigenvalue weighted by Gasteiger charge is -2.33. The van der Waals surface area contributed by atoms with E-state index in [0.29, 0.717) is 24.9 Å². The highest BCUT2D eigenvalue weighted by Crippen LogP contribution is 2.28. The van der Waals surface area contributed by atoms with Crippen molar-refractivity contribution in [3.8, 4) is 0 Å². The number of hydrogen-bond donors (Lipinski definition) is 2. The monoisotopic (exact) mass is 395 g/mol. The zero-order valence-electron chi connectivity index (χ0n) is 15.2. The normalized spacial score (nSPS) is 29.6. The van der Waals surface area contributed by atoms with Gasteiger partial charge >= 0.3 is 0 Å². The van der Waals surface area contributed by atoms with Crippen LogP contribution in [0.15, 0.2) is 29.2 Å². The van der Waals surface area contributed by atoms with Crippen molar-refractivity contribution < 1.29 is 17.6 Å². The summed E-state index contributed by atoms with van der Waals surface area (Å²) >= 11 is 0. The maximum Gasteiger partial charge on any atom is 0.245 e. The fraction of sp³-hybridized carbons (Fsp3) is 0.632. The number of nitrogens with one attached hydrogen (secondary N) is 2. The Labute approximate surface area is 159 Å². The minimum atomic E-state index is -3.86. The molecule has 2 N–H and O–H groups in total. The van der Waals surface area contributed by atoms with Gasteiger partial charge in [0.1, 0.15) is 10.7 Å². The zero-order valence-corrected chi connectivity index (χ0v) is 16.1. The Morgan fingerprint density at radius 2 is 1.70 bits per heavy atom. The molecule has 3 heterocycles. The van der Waals surface area contributed by atoms with E-state index in [0.717, 1.165) is 18.9 Å². The van der Waals surface area contributed by atoms with E-state index in [1.807, 2.05) is 0 Å². The van der Waals surface area contributed by atoms with Crippen LogP contribution in [0.2, 0.25) is 0 Å². The molecule has 1 aromatic rings. The Balaban J connectivity index is 1.33. The van der Waals surface area contributed by atoms with E-state index >= 15 is 0 Å². The first-order valence-corrected chi connectivity index (χ1v) is 11.2. The van der Waals surface area contributed by atoms with Crippen LogP contribution < -0.4 is 10.6 Å². The van der Waals surface area contributed by atoms with Gasteiger partial charge in [-0.1, -0.05) is 12.1 Å². The number of nitrogens with zero attached hydrogens (tertiary/aromatic N) is 1. The molecule has 6 nitrogen and oxygen atoms in total. The lowest BCUT2D eigenvalue weighted by molar-refractivity contribution is -0.127. The lowest BCUT2D eigenvalue weighted by atomic mass is 9.94. The highest BCUT2D eigenvalue weighted by Gasteiger charge is 2.37. The first-order valence-electron chi connectivity index (χ1n) is 9.74. The van der Waals surface area contributed by atoms with E-state index in [-0.39, 0.29) is 35.9 Å². The highest BCUT2D eigenvalue weighted by atomic mass is 32.2. The van der Waals surface area contributed by atoms with Gasteiger partial charge in [-0.25, -0.2) is 12.8 Å². The molecule has 0 radical (unpaired) electrons. The molecule has 0 saturated carbocycles. The standard InChI is InChI=1S/C19H26FN3O3S/c20-17-3-1-2-4-18(17)27(25,26)23-9-7-13(8-10-23)19(24)22-16-11-14-5-6-15(12-16)21-14/h1-4,13-16,21H,5-12H2,(H,22,24). The molecule has 1 amide bonds. The molecule has 3 aliphatic rings. The summed E-state index contributed by atoms with van der Waals surface area (Å²) in [7, 11) is -3.86. The first-order chi connectivity index (χ1) is 12.9. The summed E-state index contributed by atoms with van der Waals surface area (Å²) in [6.45, 7) is 0.485. The molecule has 2 bridgehead atoms. The molecule has 0 aliphatic carbocycles. The molecule has 0 spiro atoms. The molecule has 1 aromatic carbocycles. The van der Waals surface area contributed by atoms with E-state index in [2.05, 4.69) is 10.6 Å². The molecule has 3 fully saturated rings. The van der Waals surface area contributed by atoms with E-state index in [4.69, 9.17) is 0 Å². The fourth-order valence-electron chi connectivity index (χ4n) is 4.65. The van der Waals surface area contributed by atoms with Crippen molar-refractivity contribution in [2.45, 2.75) is 61.5 Å². The Bertz CT molecular complexity index is 796. The van der Waals surface area contributed by atoms with Gasteiger partial charge in [-0.2, -0.15) is 4.31 Å². The van der Waals surface area contributed by atoms with E-state index < -0.39 is 15.8 Å². The number of carbonyl (C=O) groups is 1. The molecular weight excluding hydrogens is 369 g/mol.